The minimum absolute atomic E-state index is 0.924. The lowest BCUT2D eigenvalue weighted by atomic mass is 10.2. The highest BCUT2D eigenvalue weighted by atomic mass is 32.2. The summed E-state index contributed by atoms with van der Waals surface area (Å²) in [4.78, 5) is 6.43. The van der Waals surface area contributed by atoms with E-state index in [9.17, 15) is 0 Å². The molecule has 1 heterocycles. The largest absolute Gasteiger partial charge is 0.497 e. The maximum absolute atomic E-state index is 5.23. The van der Waals surface area contributed by atoms with E-state index in [-0.39, 0.29) is 0 Å². The summed E-state index contributed by atoms with van der Waals surface area (Å²) in [6.45, 7) is 5.73. The molecule has 1 saturated heterocycles. The maximum atomic E-state index is 5.23. The number of hydrogen-bond acceptors (Lipinski definition) is 4. The van der Waals surface area contributed by atoms with Crippen LogP contribution in [-0.2, 0) is 0 Å². The average Bonchev–Trinajstić information content (AvgIpc) is 2.67. The van der Waals surface area contributed by atoms with E-state index in [0.717, 1.165) is 31.9 Å². The Balaban J connectivity index is 1.36. The molecule has 4 heteroatoms. The summed E-state index contributed by atoms with van der Waals surface area (Å²) in [7, 11) is 1.71. The molecule has 0 spiro atoms. The number of piperazine rings is 1. The van der Waals surface area contributed by atoms with Gasteiger partial charge in [0.05, 0.1) is 7.11 Å². The zero-order chi connectivity index (χ0) is 16.6. The van der Waals surface area contributed by atoms with Crippen LogP contribution in [0.15, 0.2) is 59.5 Å². The Morgan fingerprint density at radius 3 is 2.29 bits per heavy atom. The lowest BCUT2D eigenvalue weighted by molar-refractivity contribution is 0.259. The van der Waals surface area contributed by atoms with Crippen LogP contribution >= 0.6 is 11.8 Å². The van der Waals surface area contributed by atoms with Crippen LogP contribution in [0.3, 0.4) is 0 Å². The molecule has 0 atom stereocenters. The van der Waals surface area contributed by atoms with Crippen molar-refractivity contribution in [1.29, 1.82) is 0 Å². The van der Waals surface area contributed by atoms with Gasteiger partial charge in [-0.1, -0.05) is 18.2 Å². The van der Waals surface area contributed by atoms with Crippen LogP contribution in [0.1, 0.15) is 6.42 Å². The standard InChI is InChI=1S/C20H26N2OS/c1-23-19-10-8-18(9-11-19)22-15-13-21(14-16-22)12-5-17-24-20-6-3-2-4-7-20/h2-4,6-11H,5,12-17H2,1H3. The molecule has 0 N–H and O–H groups in total. The molecule has 0 bridgehead atoms. The van der Waals surface area contributed by atoms with Crippen molar-refractivity contribution in [1.82, 2.24) is 4.90 Å². The van der Waals surface area contributed by atoms with Gasteiger partial charge >= 0.3 is 0 Å². The first-order valence-corrected chi connectivity index (χ1v) is 9.63. The minimum atomic E-state index is 0.924. The number of ether oxygens (including phenoxy) is 1. The van der Waals surface area contributed by atoms with Crippen LogP contribution in [0, 0.1) is 0 Å². The van der Waals surface area contributed by atoms with Crippen molar-refractivity contribution in [2.24, 2.45) is 0 Å². The van der Waals surface area contributed by atoms with Crippen molar-refractivity contribution in [3.8, 4) is 5.75 Å². The Hall–Kier alpha value is -1.65. The highest BCUT2D eigenvalue weighted by Crippen LogP contribution is 2.21. The van der Waals surface area contributed by atoms with E-state index in [4.69, 9.17) is 4.74 Å². The summed E-state index contributed by atoms with van der Waals surface area (Å²) in [6.07, 6.45) is 1.25. The summed E-state index contributed by atoms with van der Waals surface area (Å²) in [5.41, 5.74) is 1.30. The fourth-order valence-electron chi connectivity index (χ4n) is 3.02. The zero-order valence-electron chi connectivity index (χ0n) is 14.4. The highest BCUT2D eigenvalue weighted by molar-refractivity contribution is 7.99. The summed E-state index contributed by atoms with van der Waals surface area (Å²) in [6, 6.07) is 19.1. The Morgan fingerprint density at radius 2 is 1.62 bits per heavy atom. The number of benzene rings is 2. The fourth-order valence-corrected chi connectivity index (χ4v) is 3.88. The molecule has 0 unspecified atom stereocenters. The number of anilines is 1. The van der Waals surface area contributed by atoms with E-state index >= 15 is 0 Å². The first-order chi connectivity index (χ1) is 11.8. The summed E-state index contributed by atoms with van der Waals surface area (Å²) >= 11 is 1.96. The Kier molecular flexibility index (Phi) is 6.44. The van der Waals surface area contributed by atoms with Gasteiger partial charge in [0.25, 0.3) is 0 Å². The average molecular weight is 343 g/mol. The molecular weight excluding hydrogens is 316 g/mol. The number of thioether (sulfide) groups is 1. The van der Waals surface area contributed by atoms with Gasteiger partial charge in [-0.2, -0.15) is 0 Å². The summed E-state index contributed by atoms with van der Waals surface area (Å²) in [5, 5.41) is 0. The molecule has 3 rings (SSSR count). The van der Waals surface area contributed by atoms with E-state index in [0.29, 0.717) is 0 Å². The van der Waals surface area contributed by atoms with Crippen molar-refractivity contribution in [3.05, 3.63) is 54.6 Å². The van der Waals surface area contributed by atoms with Gasteiger partial charge in [-0.3, -0.25) is 4.90 Å². The SMILES string of the molecule is COc1ccc(N2CCN(CCCSc3ccccc3)CC2)cc1. The number of rotatable bonds is 7. The molecule has 0 aromatic heterocycles. The second-order valence-electron chi connectivity index (χ2n) is 6.04. The van der Waals surface area contributed by atoms with Crippen molar-refractivity contribution < 1.29 is 4.74 Å². The van der Waals surface area contributed by atoms with Crippen LogP contribution in [0.4, 0.5) is 5.69 Å². The van der Waals surface area contributed by atoms with Crippen LogP contribution in [-0.4, -0.2) is 50.5 Å². The van der Waals surface area contributed by atoms with Gasteiger partial charge < -0.3 is 9.64 Å². The molecule has 128 valence electrons. The zero-order valence-corrected chi connectivity index (χ0v) is 15.2. The van der Waals surface area contributed by atoms with E-state index in [1.807, 2.05) is 23.9 Å². The van der Waals surface area contributed by atoms with Crippen LogP contribution in [0.2, 0.25) is 0 Å². The van der Waals surface area contributed by atoms with E-state index in [1.165, 1.54) is 29.3 Å². The molecule has 24 heavy (non-hydrogen) atoms. The predicted octanol–water partition coefficient (Wildman–Crippen LogP) is 4.00. The van der Waals surface area contributed by atoms with Crippen molar-refractivity contribution >= 4 is 17.4 Å². The molecule has 0 saturated carbocycles. The quantitative estimate of drug-likeness (QED) is 0.558. The molecule has 3 nitrogen and oxygen atoms in total. The Morgan fingerprint density at radius 1 is 0.917 bits per heavy atom. The van der Waals surface area contributed by atoms with Gasteiger partial charge in [0.1, 0.15) is 5.75 Å². The Labute approximate surface area is 149 Å². The van der Waals surface area contributed by atoms with Crippen molar-refractivity contribution in [3.63, 3.8) is 0 Å². The Bertz CT molecular complexity index is 595. The first-order valence-electron chi connectivity index (χ1n) is 8.64. The van der Waals surface area contributed by atoms with Crippen molar-refractivity contribution in [2.75, 3.05) is 50.5 Å². The molecule has 2 aromatic carbocycles. The molecule has 2 aromatic rings. The lowest BCUT2D eigenvalue weighted by Gasteiger charge is -2.36. The number of methoxy groups -OCH3 is 1. The number of nitrogens with zero attached hydrogens (tertiary/aromatic N) is 2. The molecule has 0 radical (unpaired) electrons. The minimum Gasteiger partial charge on any atom is -0.497 e. The van der Waals surface area contributed by atoms with Gasteiger partial charge in [0, 0.05) is 36.8 Å². The first kappa shape index (κ1) is 17.2. The molecule has 1 fully saturated rings. The highest BCUT2D eigenvalue weighted by Gasteiger charge is 2.16. The summed E-state index contributed by atoms with van der Waals surface area (Å²) < 4.78 is 5.23. The second-order valence-corrected chi connectivity index (χ2v) is 7.21. The van der Waals surface area contributed by atoms with Gasteiger partial charge in [-0.05, 0) is 55.1 Å². The molecular formula is C20H26N2OS. The predicted molar refractivity (Wildman–Crippen MR) is 103 cm³/mol. The normalized spacial score (nSPS) is 15.5. The van der Waals surface area contributed by atoms with E-state index in [1.54, 1.807) is 7.11 Å². The van der Waals surface area contributed by atoms with Crippen LogP contribution in [0.5, 0.6) is 5.75 Å². The molecule has 1 aliphatic rings. The maximum Gasteiger partial charge on any atom is 0.119 e. The van der Waals surface area contributed by atoms with Crippen LogP contribution in [0.25, 0.3) is 0 Å². The van der Waals surface area contributed by atoms with Crippen LogP contribution < -0.4 is 9.64 Å². The smallest absolute Gasteiger partial charge is 0.119 e. The third-order valence-electron chi connectivity index (χ3n) is 4.44. The molecule has 0 amide bonds. The van der Waals surface area contributed by atoms with Gasteiger partial charge in [0.15, 0.2) is 0 Å². The van der Waals surface area contributed by atoms with E-state index in [2.05, 4.69) is 52.3 Å². The third kappa shape index (κ3) is 4.92. The number of hydrogen-bond donors (Lipinski definition) is 0. The van der Waals surface area contributed by atoms with Crippen molar-refractivity contribution in [2.45, 2.75) is 11.3 Å². The van der Waals surface area contributed by atoms with Gasteiger partial charge in [-0.15, -0.1) is 11.8 Å². The lowest BCUT2D eigenvalue weighted by Crippen LogP contribution is -2.46. The van der Waals surface area contributed by atoms with Gasteiger partial charge in [-0.25, -0.2) is 0 Å². The third-order valence-corrected chi connectivity index (χ3v) is 5.54. The summed E-state index contributed by atoms with van der Waals surface area (Å²) in [5.74, 6) is 2.12. The molecule has 1 aliphatic heterocycles. The monoisotopic (exact) mass is 342 g/mol. The molecule has 0 aliphatic carbocycles. The second kappa shape index (κ2) is 9.00. The fraction of sp³-hybridized carbons (Fsp3) is 0.400. The van der Waals surface area contributed by atoms with Gasteiger partial charge in [0.2, 0.25) is 0 Å². The van der Waals surface area contributed by atoms with E-state index < -0.39 is 0 Å². The topological polar surface area (TPSA) is 15.7 Å².